The molecule has 6 nitrogen and oxygen atoms in total. The van der Waals surface area contributed by atoms with Crippen LogP contribution in [0.3, 0.4) is 0 Å². The number of rotatable bonds is 7. The van der Waals surface area contributed by atoms with E-state index in [2.05, 4.69) is 15.6 Å². The number of hydrogen-bond donors (Lipinski definition) is 2. The molecule has 0 saturated heterocycles. The number of carbonyl (C=O) groups is 2. The van der Waals surface area contributed by atoms with E-state index in [0.717, 1.165) is 16.5 Å². The molecule has 138 valence electrons. The van der Waals surface area contributed by atoms with Crippen molar-refractivity contribution in [1.82, 2.24) is 15.6 Å². The fourth-order valence-corrected chi connectivity index (χ4v) is 2.99. The van der Waals surface area contributed by atoms with E-state index < -0.39 is 0 Å². The van der Waals surface area contributed by atoms with E-state index in [4.69, 9.17) is 4.74 Å². The fraction of sp³-hybridized carbons (Fsp3) is 0.150. The number of aryl methyl sites for hydroxylation is 1. The first-order chi connectivity index (χ1) is 13.1. The number of aromatic nitrogens is 1. The van der Waals surface area contributed by atoms with Gasteiger partial charge in [0.05, 0.1) is 13.1 Å². The zero-order valence-corrected chi connectivity index (χ0v) is 15.6. The van der Waals surface area contributed by atoms with E-state index in [-0.39, 0.29) is 18.4 Å². The Kier molecular flexibility index (Phi) is 6.17. The van der Waals surface area contributed by atoms with Crippen LogP contribution in [0.5, 0.6) is 11.5 Å². The average Bonchev–Trinajstić information content (AvgIpc) is 3.11. The molecule has 3 rings (SSSR count). The van der Waals surface area contributed by atoms with E-state index in [1.54, 1.807) is 24.3 Å². The lowest BCUT2D eigenvalue weighted by molar-refractivity contribution is -0.120. The van der Waals surface area contributed by atoms with Crippen molar-refractivity contribution in [2.24, 2.45) is 0 Å². The van der Waals surface area contributed by atoms with Gasteiger partial charge in [-0.1, -0.05) is 18.2 Å². The lowest BCUT2D eigenvalue weighted by Crippen LogP contribution is -2.36. The van der Waals surface area contributed by atoms with Crippen LogP contribution >= 0.6 is 11.3 Å². The summed E-state index contributed by atoms with van der Waals surface area (Å²) in [6, 6.07) is 16.1. The normalized spacial score (nSPS) is 10.3. The predicted molar refractivity (Wildman–Crippen MR) is 104 cm³/mol. The maximum absolute atomic E-state index is 12.2. The SMILES string of the molecule is Cc1csc(CNC(=O)CNC(=O)c2ccc(Oc3ccccc3)cc2)n1. The molecule has 0 saturated carbocycles. The number of hydrogen-bond acceptors (Lipinski definition) is 5. The van der Waals surface area contributed by atoms with Gasteiger partial charge in [-0.3, -0.25) is 9.59 Å². The molecule has 0 aliphatic rings. The minimum Gasteiger partial charge on any atom is -0.457 e. The highest BCUT2D eigenvalue weighted by Crippen LogP contribution is 2.21. The van der Waals surface area contributed by atoms with Crippen LogP contribution in [0.2, 0.25) is 0 Å². The lowest BCUT2D eigenvalue weighted by Gasteiger charge is -2.08. The van der Waals surface area contributed by atoms with Crippen LogP contribution in [-0.4, -0.2) is 23.3 Å². The summed E-state index contributed by atoms with van der Waals surface area (Å²) in [5.74, 6) is 0.776. The van der Waals surface area contributed by atoms with E-state index >= 15 is 0 Å². The predicted octanol–water partition coefficient (Wildman–Crippen LogP) is 3.29. The Balaban J connectivity index is 1.45. The Morgan fingerprint density at radius 1 is 1.00 bits per heavy atom. The molecule has 0 spiro atoms. The number of benzene rings is 2. The molecule has 3 aromatic rings. The standard InChI is InChI=1S/C20H19N3O3S/c1-14-13-27-19(23-14)12-21-18(24)11-22-20(25)15-7-9-17(10-8-15)26-16-5-3-2-4-6-16/h2-10,13H,11-12H2,1H3,(H,21,24)(H,22,25). The molecular formula is C20H19N3O3S. The van der Waals surface area contributed by atoms with Gasteiger partial charge in [-0.05, 0) is 43.3 Å². The molecular weight excluding hydrogens is 362 g/mol. The first-order valence-electron chi connectivity index (χ1n) is 8.39. The Morgan fingerprint density at radius 2 is 1.70 bits per heavy atom. The van der Waals surface area contributed by atoms with Gasteiger partial charge in [0.1, 0.15) is 16.5 Å². The molecule has 7 heteroatoms. The van der Waals surface area contributed by atoms with E-state index in [1.165, 1.54) is 11.3 Å². The first-order valence-corrected chi connectivity index (χ1v) is 9.27. The zero-order valence-electron chi connectivity index (χ0n) is 14.8. The van der Waals surface area contributed by atoms with Crippen LogP contribution < -0.4 is 15.4 Å². The van der Waals surface area contributed by atoms with Crippen LogP contribution in [0, 0.1) is 6.92 Å². The molecule has 0 unspecified atom stereocenters. The summed E-state index contributed by atoms with van der Waals surface area (Å²) >= 11 is 1.49. The fourth-order valence-electron chi connectivity index (χ4n) is 2.28. The third-order valence-electron chi connectivity index (χ3n) is 3.61. The molecule has 0 atom stereocenters. The molecule has 1 heterocycles. The summed E-state index contributed by atoms with van der Waals surface area (Å²) in [4.78, 5) is 28.3. The van der Waals surface area contributed by atoms with Crippen LogP contribution in [0.4, 0.5) is 0 Å². The Morgan fingerprint density at radius 3 is 2.37 bits per heavy atom. The second-order valence-corrected chi connectivity index (χ2v) is 6.72. The van der Waals surface area contributed by atoms with Gasteiger partial charge in [-0.2, -0.15) is 0 Å². The Bertz CT molecular complexity index is 908. The number of nitrogens with zero attached hydrogens (tertiary/aromatic N) is 1. The molecule has 2 N–H and O–H groups in total. The Hall–Kier alpha value is -3.19. The van der Waals surface area contributed by atoms with Gasteiger partial charge in [0, 0.05) is 16.6 Å². The summed E-state index contributed by atoms with van der Waals surface area (Å²) in [5, 5.41) is 8.09. The number of amides is 2. The van der Waals surface area contributed by atoms with Crippen molar-refractivity contribution in [2.75, 3.05) is 6.54 Å². The summed E-state index contributed by atoms with van der Waals surface area (Å²) in [6.07, 6.45) is 0. The smallest absolute Gasteiger partial charge is 0.251 e. The number of ether oxygens (including phenoxy) is 1. The number of para-hydroxylation sites is 1. The maximum atomic E-state index is 12.2. The zero-order chi connectivity index (χ0) is 19.1. The highest BCUT2D eigenvalue weighted by molar-refractivity contribution is 7.09. The van der Waals surface area contributed by atoms with Gasteiger partial charge in [0.25, 0.3) is 5.91 Å². The molecule has 1 aromatic heterocycles. The maximum Gasteiger partial charge on any atom is 0.251 e. The molecule has 0 radical (unpaired) electrons. The largest absolute Gasteiger partial charge is 0.457 e. The topological polar surface area (TPSA) is 80.3 Å². The quantitative estimate of drug-likeness (QED) is 0.658. The van der Waals surface area contributed by atoms with Crippen LogP contribution in [0.1, 0.15) is 21.1 Å². The van der Waals surface area contributed by atoms with Crippen molar-refractivity contribution in [1.29, 1.82) is 0 Å². The van der Waals surface area contributed by atoms with Crippen LogP contribution in [0.25, 0.3) is 0 Å². The lowest BCUT2D eigenvalue weighted by atomic mass is 10.2. The first kappa shape index (κ1) is 18.6. The average molecular weight is 381 g/mol. The monoisotopic (exact) mass is 381 g/mol. The van der Waals surface area contributed by atoms with Crippen molar-refractivity contribution >= 4 is 23.2 Å². The molecule has 0 bridgehead atoms. The number of thiazole rings is 1. The number of nitrogens with one attached hydrogen (secondary N) is 2. The van der Waals surface area contributed by atoms with Gasteiger partial charge < -0.3 is 15.4 Å². The van der Waals surface area contributed by atoms with E-state index in [1.807, 2.05) is 42.6 Å². The van der Waals surface area contributed by atoms with Gasteiger partial charge in [0.2, 0.25) is 5.91 Å². The van der Waals surface area contributed by atoms with Crippen LogP contribution in [-0.2, 0) is 11.3 Å². The van der Waals surface area contributed by atoms with Crippen molar-refractivity contribution in [3.05, 3.63) is 76.2 Å². The van der Waals surface area contributed by atoms with E-state index in [9.17, 15) is 9.59 Å². The second kappa shape index (κ2) is 8.95. The highest BCUT2D eigenvalue weighted by Gasteiger charge is 2.09. The highest BCUT2D eigenvalue weighted by atomic mass is 32.1. The van der Waals surface area contributed by atoms with Crippen molar-refractivity contribution in [3.8, 4) is 11.5 Å². The minimum atomic E-state index is -0.318. The summed E-state index contributed by atoms with van der Waals surface area (Å²) in [7, 11) is 0. The van der Waals surface area contributed by atoms with Gasteiger partial charge in [-0.25, -0.2) is 4.98 Å². The molecule has 0 aliphatic heterocycles. The molecule has 2 aromatic carbocycles. The summed E-state index contributed by atoms with van der Waals surface area (Å²) < 4.78 is 5.69. The van der Waals surface area contributed by atoms with E-state index in [0.29, 0.717) is 17.9 Å². The summed E-state index contributed by atoms with van der Waals surface area (Å²) in [5.41, 5.74) is 1.39. The molecule has 0 aliphatic carbocycles. The van der Waals surface area contributed by atoms with Crippen LogP contribution in [0.15, 0.2) is 60.0 Å². The van der Waals surface area contributed by atoms with Gasteiger partial charge in [-0.15, -0.1) is 11.3 Å². The third-order valence-corrected chi connectivity index (χ3v) is 4.57. The summed E-state index contributed by atoms with van der Waals surface area (Å²) in [6.45, 7) is 2.17. The molecule has 27 heavy (non-hydrogen) atoms. The number of carbonyl (C=O) groups excluding carboxylic acids is 2. The minimum absolute atomic E-state index is 0.0918. The van der Waals surface area contributed by atoms with Crippen molar-refractivity contribution in [2.45, 2.75) is 13.5 Å². The molecule has 0 fully saturated rings. The molecule has 2 amide bonds. The van der Waals surface area contributed by atoms with Crippen molar-refractivity contribution in [3.63, 3.8) is 0 Å². The third kappa shape index (κ3) is 5.65. The van der Waals surface area contributed by atoms with Gasteiger partial charge >= 0.3 is 0 Å². The second-order valence-electron chi connectivity index (χ2n) is 5.78. The van der Waals surface area contributed by atoms with Gasteiger partial charge in [0.15, 0.2) is 0 Å². The Labute approximate surface area is 161 Å². The van der Waals surface area contributed by atoms with Crippen molar-refractivity contribution < 1.29 is 14.3 Å².